The first-order valence-corrected chi connectivity index (χ1v) is 9.38. The molecule has 0 aliphatic carbocycles. The van der Waals surface area contributed by atoms with Gasteiger partial charge >= 0.3 is 0 Å². The SMILES string of the molecule is Cc1ccc(OCC(=O)Nc2ccc3c(=O)c4cccc(C)c4oc3c2)cc1C. The molecule has 0 saturated carbocycles. The van der Waals surface area contributed by atoms with Gasteiger partial charge in [-0.2, -0.15) is 0 Å². The Bertz CT molecular complexity index is 1300. The third-order valence-corrected chi connectivity index (χ3v) is 5.03. The van der Waals surface area contributed by atoms with E-state index in [0.29, 0.717) is 33.4 Å². The molecule has 0 spiro atoms. The smallest absolute Gasteiger partial charge is 0.262 e. The average molecular weight is 387 g/mol. The predicted octanol–water partition coefficient (Wildman–Crippen LogP) is 4.89. The summed E-state index contributed by atoms with van der Waals surface area (Å²) in [6, 6.07) is 16.2. The van der Waals surface area contributed by atoms with Crippen LogP contribution < -0.4 is 15.5 Å². The van der Waals surface area contributed by atoms with Crippen molar-refractivity contribution in [2.24, 2.45) is 0 Å². The Labute approximate surface area is 167 Å². The highest BCUT2D eigenvalue weighted by molar-refractivity contribution is 5.96. The molecule has 0 fully saturated rings. The largest absolute Gasteiger partial charge is 0.484 e. The third-order valence-electron chi connectivity index (χ3n) is 5.03. The van der Waals surface area contributed by atoms with Crippen LogP contribution in [0.5, 0.6) is 5.75 Å². The van der Waals surface area contributed by atoms with Crippen molar-refractivity contribution in [3.63, 3.8) is 0 Å². The summed E-state index contributed by atoms with van der Waals surface area (Å²) >= 11 is 0. The molecular formula is C24H21NO4. The van der Waals surface area contributed by atoms with Crippen molar-refractivity contribution in [1.82, 2.24) is 0 Å². The number of fused-ring (bicyclic) bond motifs is 2. The maximum absolute atomic E-state index is 12.7. The van der Waals surface area contributed by atoms with Gasteiger partial charge in [0.25, 0.3) is 5.91 Å². The first-order valence-electron chi connectivity index (χ1n) is 9.38. The number of rotatable bonds is 4. The van der Waals surface area contributed by atoms with Crippen LogP contribution in [0.4, 0.5) is 5.69 Å². The van der Waals surface area contributed by atoms with Crippen molar-refractivity contribution >= 4 is 33.5 Å². The Morgan fingerprint density at radius 3 is 2.55 bits per heavy atom. The number of amides is 1. The molecule has 146 valence electrons. The molecule has 5 heteroatoms. The molecule has 0 bridgehead atoms. The summed E-state index contributed by atoms with van der Waals surface area (Å²) in [4.78, 5) is 25.0. The minimum atomic E-state index is -0.290. The lowest BCUT2D eigenvalue weighted by Crippen LogP contribution is -2.20. The Kier molecular flexibility index (Phi) is 4.80. The fourth-order valence-corrected chi connectivity index (χ4v) is 3.24. The van der Waals surface area contributed by atoms with Crippen LogP contribution in [0.3, 0.4) is 0 Å². The lowest BCUT2D eigenvalue weighted by Gasteiger charge is -2.10. The van der Waals surface area contributed by atoms with Crippen LogP contribution in [-0.2, 0) is 4.79 Å². The van der Waals surface area contributed by atoms with Crippen molar-refractivity contribution < 1.29 is 13.9 Å². The Morgan fingerprint density at radius 2 is 1.76 bits per heavy atom. The molecule has 0 radical (unpaired) electrons. The minimum Gasteiger partial charge on any atom is -0.484 e. The number of hydrogen-bond donors (Lipinski definition) is 1. The van der Waals surface area contributed by atoms with Crippen LogP contribution in [0.25, 0.3) is 21.9 Å². The zero-order chi connectivity index (χ0) is 20.5. The van der Waals surface area contributed by atoms with Gasteiger partial charge in [0.1, 0.15) is 16.9 Å². The molecule has 4 aromatic rings. The van der Waals surface area contributed by atoms with Crippen LogP contribution in [-0.4, -0.2) is 12.5 Å². The topological polar surface area (TPSA) is 68.5 Å². The molecule has 1 N–H and O–H groups in total. The minimum absolute atomic E-state index is 0.0825. The van der Waals surface area contributed by atoms with Crippen LogP contribution in [0.15, 0.2) is 63.8 Å². The van der Waals surface area contributed by atoms with Gasteiger partial charge in [0.15, 0.2) is 6.61 Å². The summed E-state index contributed by atoms with van der Waals surface area (Å²) in [5, 5.41) is 3.82. The van der Waals surface area contributed by atoms with Crippen molar-refractivity contribution in [3.8, 4) is 5.75 Å². The van der Waals surface area contributed by atoms with Gasteiger partial charge in [-0.25, -0.2) is 0 Å². The Hall–Kier alpha value is -3.60. The van der Waals surface area contributed by atoms with E-state index >= 15 is 0 Å². The van der Waals surface area contributed by atoms with Gasteiger partial charge in [-0.15, -0.1) is 0 Å². The third kappa shape index (κ3) is 3.72. The van der Waals surface area contributed by atoms with E-state index in [9.17, 15) is 9.59 Å². The molecule has 0 saturated heterocycles. The molecule has 0 unspecified atom stereocenters. The fraction of sp³-hybridized carbons (Fsp3) is 0.167. The number of benzene rings is 3. The number of carbonyl (C=O) groups excluding carboxylic acids is 1. The van der Waals surface area contributed by atoms with Gasteiger partial charge in [-0.1, -0.05) is 18.2 Å². The zero-order valence-corrected chi connectivity index (χ0v) is 16.5. The van der Waals surface area contributed by atoms with E-state index in [1.54, 1.807) is 24.3 Å². The highest BCUT2D eigenvalue weighted by atomic mass is 16.5. The summed E-state index contributed by atoms with van der Waals surface area (Å²) < 4.78 is 11.5. The van der Waals surface area contributed by atoms with Gasteiger partial charge in [0.2, 0.25) is 5.43 Å². The van der Waals surface area contributed by atoms with E-state index in [2.05, 4.69) is 5.32 Å². The maximum Gasteiger partial charge on any atom is 0.262 e. The van der Waals surface area contributed by atoms with Gasteiger partial charge < -0.3 is 14.5 Å². The average Bonchev–Trinajstić information content (AvgIpc) is 2.70. The molecule has 0 atom stereocenters. The van der Waals surface area contributed by atoms with E-state index < -0.39 is 0 Å². The lowest BCUT2D eigenvalue weighted by molar-refractivity contribution is -0.118. The van der Waals surface area contributed by atoms with Gasteiger partial charge in [0, 0.05) is 11.8 Å². The maximum atomic E-state index is 12.7. The molecule has 1 aromatic heterocycles. The number of para-hydroxylation sites is 1. The molecular weight excluding hydrogens is 366 g/mol. The zero-order valence-electron chi connectivity index (χ0n) is 16.5. The molecule has 29 heavy (non-hydrogen) atoms. The second-order valence-electron chi connectivity index (χ2n) is 7.18. The second-order valence-corrected chi connectivity index (χ2v) is 7.18. The molecule has 0 aliphatic heterocycles. The monoisotopic (exact) mass is 387 g/mol. The van der Waals surface area contributed by atoms with Gasteiger partial charge in [-0.3, -0.25) is 9.59 Å². The normalized spacial score (nSPS) is 11.0. The van der Waals surface area contributed by atoms with E-state index in [-0.39, 0.29) is 17.9 Å². The first kappa shape index (κ1) is 18.7. The summed E-state index contributed by atoms with van der Waals surface area (Å²) in [5.74, 6) is 0.358. The molecule has 1 heterocycles. The van der Waals surface area contributed by atoms with E-state index in [1.807, 2.05) is 51.1 Å². The van der Waals surface area contributed by atoms with Crippen LogP contribution in [0.1, 0.15) is 16.7 Å². The van der Waals surface area contributed by atoms with E-state index in [0.717, 1.165) is 11.1 Å². The second kappa shape index (κ2) is 7.43. The lowest BCUT2D eigenvalue weighted by atomic mass is 10.1. The fourth-order valence-electron chi connectivity index (χ4n) is 3.24. The number of nitrogens with one attached hydrogen (secondary N) is 1. The van der Waals surface area contributed by atoms with E-state index in [4.69, 9.17) is 9.15 Å². The number of carbonyl (C=O) groups is 1. The Morgan fingerprint density at radius 1 is 0.931 bits per heavy atom. The standard InChI is InChI=1S/C24H21NO4/c1-14-7-9-18(11-16(14)3)28-13-22(26)25-17-8-10-19-21(12-17)29-24-15(2)5-4-6-20(24)23(19)27/h4-12H,13H2,1-3H3,(H,25,26). The summed E-state index contributed by atoms with van der Waals surface area (Å²) in [7, 11) is 0. The first-order chi connectivity index (χ1) is 13.9. The molecule has 5 nitrogen and oxygen atoms in total. The predicted molar refractivity (Wildman–Crippen MR) is 115 cm³/mol. The molecule has 3 aromatic carbocycles. The molecule has 4 rings (SSSR count). The number of ether oxygens (including phenoxy) is 1. The number of hydrogen-bond acceptors (Lipinski definition) is 4. The molecule has 1 amide bonds. The van der Waals surface area contributed by atoms with Gasteiger partial charge in [0.05, 0.1) is 10.8 Å². The summed E-state index contributed by atoms with van der Waals surface area (Å²) in [6.45, 7) is 5.80. The van der Waals surface area contributed by atoms with Crippen molar-refractivity contribution in [3.05, 3.63) is 81.5 Å². The van der Waals surface area contributed by atoms with E-state index in [1.165, 1.54) is 5.56 Å². The highest BCUT2D eigenvalue weighted by Gasteiger charge is 2.11. The van der Waals surface area contributed by atoms with Crippen molar-refractivity contribution in [1.29, 1.82) is 0 Å². The summed E-state index contributed by atoms with van der Waals surface area (Å²) in [5.41, 5.74) is 4.62. The number of anilines is 1. The molecule has 0 aliphatic rings. The van der Waals surface area contributed by atoms with Crippen molar-refractivity contribution in [2.45, 2.75) is 20.8 Å². The van der Waals surface area contributed by atoms with Crippen molar-refractivity contribution in [2.75, 3.05) is 11.9 Å². The Balaban J connectivity index is 1.55. The number of aryl methyl sites for hydroxylation is 3. The van der Waals surface area contributed by atoms with Crippen LogP contribution >= 0.6 is 0 Å². The highest BCUT2D eigenvalue weighted by Crippen LogP contribution is 2.24. The van der Waals surface area contributed by atoms with Crippen LogP contribution in [0.2, 0.25) is 0 Å². The van der Waals surface area contributed by atoms with Crippen LogP contribution in [0, 0.1) is 20.8 Å². The summed E-state index contributed by atoms with van der Waals surface area (Å²) in [6.07, 6.45) is 0. The quantitative estimate of drug-likeness (QED) is 0.506. The van der Waals surface area contributed by atoms with Gasteiger partial charge in [-0.05, 0) is 67.8 Å².